The van der Waals surface area contributed by atoms with Crippen molar-refractivity contribution < 1.29 is 4.79 Å². The summed E-state index contributed by atoms with van der Waals surface area (Å²) in [6, 6.07) is 5.51. The van der Waals surface area contributed by atoms with E-state index in [0.29, 0.717) is 17.1 Å². The number of halogens is 1. The van der Waals surface area contributed by atoms with Gasteiger partial charge >= 0.3 is 0 Å². The quantitative estimate of drug-likeness (QED) is 0.475. The molecule has 0 atom stereocenters. The van der Waals surface area contributed by atoms with Gasteiger partial charge in [-0.3, -0.25) is 4.79 Å². The van der Waals surface area contributed by atoms with Gasteiger partial charge in [0.15, 0.2) is 0 Å². The highest BCUT2D eigenvalue weighted by atomic mass is 35.5. The Labute approximate surface area is 124 Å². The van der Waals surface area contributed by atoms with Crippen LogP contribution < -0.4 is 5.73 Å². The van der Waals surface area contributed by atoms with E-state index in [9.17, 15) is 4.79 Å². The molecule has 3 nitrogen and oxygen atoms in total. The molecule has 2 N–H and O–H groups in total. The minimum atomic E-state index is 0.231. The largest absolute Gasteiger partial charge is 0.398 e. The van der Waals surface area contributed by atoms with Crippen molar-refractivity contribution in [2.45, 2.75) is 31.6 Å². The molecular formula is C14H21ClN2OS. The first kappa shape index (κ1) is 16.2. The average molecular weight is 301 g/mol. The number of thioether (sulfide) groups is 1. The summed E-state index contributed by atoms with van der Waals surface area (Å²) in [5.74, 6) is 1.12. The summed E-state index contributed by atoms with van der Waals surface area (Å²) in [6.07, 6.45) is 1.46. The molecule has 0 fully saturated rings. The minimum Gasteiger partial charge on any atom is -0.398 e. The third kappa shape index (κ3) is 5.33. The lowest BCUT2D eigenvalue weighted by atomic mass is 10.3. The molecule has 0 aliphatic carbocycles. The number of benzene rings is 1. The molecule has 19 heavy (non-hydrogen) atoms. The van der Waals surface area contributed by atoms with Crippen LogP contribution in [0.4, 0.5) is 5.69 Å². The van der Waals surface area contributed by atoms with E-state index in [-0.39, 0.29) is 5.91 Å². The third-order valence-electron chi connectivity index (χ3n) is 2.88. The molecule has 0 aliphatic heterocycles. The van der Waals surface area contributed by atoms with Crippen molar-refractivity contribution in [1.82, 2.24) is 4.90 Å². The van der Waals surface area contributed by atoms with Crippen LogP contribution in [0.5, 0.6) is 0 Å². The Hall–Kier alpha value is -0.870. The number of rotatable bonds is 7. The number of nitrogen functional groups attached to an aromatic ring is 1. The van der Waals surface area contributed by atoms with E-state index < -0.39 is 0 Å². The van der Waals surface area contributed by atoms with Crippen molar-refractivity contribution in [1.29, 1.82) is 0 Å². The number of hydrogen-bond donors (Lipinski definition) is 1. The molecule has 0 heterocycles. The summed E-state index contributed by atoms with van der Waals surface area (Å²) >= 11 is 7.52. The zero-order chi connectivity index (χ0) is 14.3. The van der Waals surface area contributed by atoms with Crippen LogP contribution in [-0.4, -0.2) is 29.6 Å². The van der Waals surface area contributed by atoms with Gasteiger partial charge in [-0.05, 0) is 44.2 Å². The van der Waals surface area contributed by atoms with Crippen molar-refractivity contribution in [3.63, 3.8) is 0 Å². The van der Waals surface area contributed by atoms with Crippen LogP contribution >= 0.6 is 23.4 Å². The number of amides is 1. The topological polar surface area (TPSA) is 46.3 Å². The van der Waals surface area contributed by atoms with Crippen molar-refractivity contribution >= 4 is 35.0 Å². The maximum atomic E-state index is 11.8. The second-order valence-electron chi connectivity index (χ2n) is 4.20. The molecule has 0 aromatic heterocycles. The molecule has 0 saturated carbocycles. The fourth-order valence-electron chi connectivity index (χ4n) is 1.79. The Morgan fingerprint density at radius 2 is 2.05 bits per heavy atom. The van der Waals surface area contributed by atoms with E-state index in [1.165, 1.54) is 0 Å². The summed E-state index contributed by atoms with van der Waals surface area (Å²) in [7, 11) is 0. The van der Waals surface area contributed by atoms with E-state index >= 15 is 0 Å². The van der Waals surface area contributed by atoms with Gasteiger partial charge in [-0.15, -0.1) is 11.8 Å². The standard InChI is InChI=1S/C14H21ClN2OS/c1-3-17(4-2)14(18)6-5-9-19-13-8-7-11(15)10-12(13)16/h7-8,10H,3-6,9,16H2,1-2H3. The first-order valence-corrected chi connectivity index (χ1v) is 7.90. The fraction of sp³-hybridized carbons (Fsp3) is 0.500. The monoisotopic (exact) mass is 300 g/mol. The Balaban J connectivity index is 2.33. The van der Waals surface area contributed by atoms with Gasteiger partial charge in [-0.2, -0.15) is 0 Å². The molecule has 5 heteroatoms. The molecule has 0 aliphatic rings. The zero-order valence-corrected chi connectivity index (χ0v) is 13.1. The normalized spacial score (nSPS) is 10.5. The van der Waals surface area contributed by atoms with Crippen LogP contribution in [0.3, 0.4) is 0 Å². The van der Waals surface area contributed by atoms with Crippen molar-refractivity contribution in [2.75, 3.05) is 24.6 Å². The number of hydrogen-bond acceptors (Lipinski definition) is 3. The molecule has 0 unspecified atom stereocenters. The number of nitrogens with two attached hydrogens (primary N) is 1. The van der Waals surface area contributed by atoms with Crippen LogP contribution in [0, 0.1) is 0 Å². The maximum Gasteiger partial charge on any atom is 0.222 e. The smallest absolute Gasteiger partial charge is 0.222 e. The third-order valence-corrected chi connectivity index (χ3v) is 4.29. The molecule has 106 valence electrons. The van der Waals surface area contributed by atoms with E-state index in [2.05, 4.69) is 0 Å². The second-order valence-corrected chi connectivity index (χ2v) is 5.77. The summed E-state index contributed by atoms with van der Waals surface area (Å²) < 4.78 is 0. The maximum absolute atomic E-state index is 11.8. The predicted molar refractivity (Wildman–Crippen MR) is 83.8 cm³/mol. The van der Waals surface area contributed by atoms with Gasteiger partial charge in [-0.1, -0.05) is 11.6 Å². The van der Waals surface area contributed by atoms with Gasteiger partial charge in [0, 0.05) is 35.1 Å². The van der Waals surface area contributed by atoms with Crippen molar-refractivity contribution in [3.05, 3.63) is 23.2 Å². The van der Waals surface area contributed by atoms with E-state index in [0.717, 1.165) is 30.2 Å². The first-order chi connectivity index (χ1) is 9.08. The zero-order valence-electron chi connectivity index (χ0n) is 11.5. The highest BCUT2D eigenvalue weighted by Crippen LogP contribution is 2.28. The van der Waals surface area contributed by atoms with Crippen molar-refractivity contribution in [2.24, 2.45) is 0 Å². The van der Waals surface area contributed by atoms with Gasteiger partial charge in [-0.25, -0.2) is 0 Å². The number of carbonyl (C=O) groups excluding carboxylic acids is 1. The predicted octanol–water partition coefficient (Wildman–Crippen LogP) is 3.66. The first-order valence-electron chi connectivity index (χ1n) is 6.54. The Bertz CT molecular complexity index is 422. The van der Waals surface area contributed by atoms with Gasteiger partial charge in [0.1, 0.15) is 0 Å². The highest BCUT2D eigenvalue weighted by molar-refractivity contribution is 7.99. The van der Waals surface area contributed by atoms with Crippen LogP contribution in [-0.2, 0) is 4.79 Å². The van der Waals surface area contributed by atoms with Crippen molar-refractivity contribution in [3.8, 4) is 0 Å². The summed E-state index contributed by atoms with van der Waals surface area (Å²) in [6.45, 7) is 5.58. The highest BCUT2D eigenvalue weighted by Gasteiger charge is 2.09. The molecule has 0 bridgehead atoms. The van der Waals surface area contributed by atoms with Crippen LogP contribution in [0.1, 0.15) is 26.7 Å². The number of nitrogens with zero attached hydrogens (tertiary/aromatic N) is 1. The van der Waals surface area contributed by atoms with Gasteiger partial charge < -0.3 is 10.6 Å². The van der Waals surface area contributed by atoms with E-state index in [4.69, 9.17) is 17.3 Å². The fourth-order valence-corrected chi connectivity index (χ4v) is 2.87. The Kier molecular flexibility index (Phi) is 7.10. The molecular weight excluding hydrogens is 280 g/mol. The summed E-state index contributed by atoms with van der Waals surface area (Å²) in [5, 5.41) is 0.651. The lowest BCUT2D eigenvalue weighted by molar-refractivity contribution is -0.130. The summed E-state index contributed by atoms with van der Waals surface area (Å²) in [4.78, 5) is 14.7. The molecule has 0 spiro atoms. The molecule has 1 aromatic carbocycles. The van der Waals surface area contributed by atoms with Gasteiger partial charge in [0.2, 0.25) is 5.91 Å². The molecule has 1 amide bonds. The van der Waals surface area contributed by atoms with E-state index in [1.54, 1.807) is 17.8 Å². The lowest BCUT2D eigenvalue weighted by Gasteiger charge is -2.18. The van der Waals surface area contributed by atoms with Gasteiger partial charge in [0.05, 0.1) is 0 Å². The molecule has 1 rings (SSSR count). The van der Waals surface area contributed by atoms with Gasteiger partial charge in [0.25, 0.3) is 0 Å². The molecule has 0 saturated heterocycles. The number of anilines is 1. The molecule has 1 aromatic rings. The minimum absolute atomic E-state index is 0.231. The lowest BCUT2D eigenvalue weighted by Crippen LogP contribution is -2.30. The molecule has 0 radical (unpaired) electrons. The van der Waals surface area contributed by atoms with E-state index in [1.807, 2.05) is 30.9 Å². The van der Waals surface area contributed by atoms with Crippen LogP contribution in [0.25, 0.3) is 0 Å². The number of carbonyl (C=O) groups is 1. The Morgan fingerprint density at radius 3 is 2.63 bits per heavy atom. The SMILES string of the molecule is CCN(CC)C(=O)CCCSc1ccc(Cl)cc1N. The summed E-state index contributed by atoms with van der Waals surface area (Å²) in [5.41, 5.74) is 6.58. The average Bonchev–Trinajstić information content (AvgIpc) is 2.38. The van der Waals surface area contributed by atoms with Crippen LogP contribution in [0.15, 0.2) is 23.1 Å². The second kappa shape index (κ2) is 8.33. The Morgan fingerprint density at radius 1 is 1.37 bits per heavy atom. The van der Waals surface area contributed by atoms with Crippen LogP contribution in [0.2, 0.25) is 5.02 Å².